The molecule has 2 aliphatic rings. The number of rotatable bonds is 6. The summed E-state index contributed by atoms with van der Waals surface area (Å²) in [6, 6.07) is 6.31. The number of nitrogens with zero attached hydrogens (tertiary/aromatic N) is 3. The Kier molecular flexibility index (Phi) is 8.35. The number of nitrogens with one attached hydrogen (secondary N) is 3. The maximum absolute atomic E-state index is 13.5. The Morgan fingerprint density at radius 1 is 1.02 bits per heavy atom. The third kappa shape index (κ3) is 6.81. The summed E-state index contributed by atoms with van der Waals surface area (Å²) in [5, 5.41) is 8.49. The van der Waals surface area contributed by atoms with Gasteiger partial charge in [0.15, 0.2) is 5.58 Å². The molecule has 0 unspecified atom stereocenters. The molecule has 0 radical (unpaired) electrons. The lowest BCUT2D eigenvalue weighted by atomic mass is 9.84. The highest BCUT2D eigenvalue weighted by Crippen LogP contribution is 2.35. The number of amides is 4. The molecule has 4 heterocycles. The highest BCUT2D eigenvalue weighted by Gasteiger charge is 2.34. The van der Waals surface area contributed by atoms with Crippen molar-refractivity contribution in [2.75, 3.05) is 22.5 Å². The van der Waals surface area contributed by atoms with Gasteiger partial charge in [0.05, 0.1) is 5.02 Å². The molecule has 5 rings (SSSR count). The number of anilines is 3. The quantitative estimate of drug-likeness (QED) is 0.332. The molecule has 2 fully saturated rings. The highest BCUT2D eigenvalue weighted by atomic mass is 35.5. The van der Waals surface area contributed by atoms with Crippen molar-refractivity contribution in [3.63, 3.8) is 0 Å². The molecule has 0 aromatic carbocycles. The summed E-state index contributed by atoms with van der Waals surface area (Å²) in [6.45, 7) is 5.99. The number of fused-ring (bicyclic) bond motifs is 1. The van der Waals surface area contributed by atoms with E-state index >= 15 is 0 Å². The Morgan fingerprint density at radius 3 is 2.40 bits per heavy atom. The largest absolute Gasteiger partial charge is 0.447 e. The normalized spacial score (nSPS) is 19.0. The molecule has 13 heteroatoms. The van der Waals surface area contributed by atoms with Crippen LogP contribution in [-0.4, -0.2) is 56.9 Å². The molecular formula is C29H33ClN6O6. The second kappa shape index (κ2) is 12.0. The highest BCUT2D eigenvalue weighted by molar-refractivity contribution is 6.30. The molecule has 12 nitrogen and oxygen atoms in total. The topological polar surface area (TPSA) is 156 Å². The van der Waals surface area contributed by atoms with Crippen molar-refractivity contribution in [3.05, 3.63) is 41.2 Å². The first-order chi connectivity index (χ1) is 20.0. The minimum absolute atomic E-state index is 0.0751. The summed E-state index contributed by atoms with van der Waals surface area (Å²) in [6.07, 6.45) is 4.81. The maximum Gasteiger partial charge on any atom is 0.413 e. The van der Waals surface area contributed by atoms with Crippen LogP contribution >= 0.6 is 11.6 Å². The third-order valence-corrected chi connectivity index (χ3v) is 7.43. The first-order valence-corrected chi connectivity index (χ1v) is 14.3. The fourth-order valence-electron chi connectivity index (χ4n) is 5.28. The molecule has 42 heavy (non-hydrogen) atoms. The number of furan rings is 1. The van der Waals surface area contributed by atoms with E-state index in [1.807, 2.05) is 4.90 Å². The van der Waals surface area contributed by atoms with Crippen molar-refractivity contribution in [3.8, 4) is 0 Å². The van der Waals surface area contributed by atoms with Crippen LogP contribution in [0.25, 0.3) is 11.1 Å². The number of pyridine rings is 2. The van der Waals surface area contributed by atoms with Gasteiger partial charge in [-0.2, -0.15) is 0 Å². The van der Waals surface area contributed by atoms with E-state index in [0.29, 0.717) is 24.3 Å². The van der Waals surface area contributed by atoms with Crippen LogP contribution in [0, 0.1) is 5.92 Å². The second-order valence-electron chi connectivity index (χ2n) is 11.5. The van der Waals surface area contributed by atoms with E-state index in [1.165, 1.54) is 18.3 Å². The molecule has 1 aliphatic carbocycles. The maximum atomic E-state index is 13.5. The van der Waals surface area contributed by atoms with Crippen molar-refractivity contribution >= 4 is 63.8 Å². The van der Waals surface area contributed by atoms with Crippen LogP contribution in [0.3, 0.4) is 0 Å². The average Bonchev–Trinajstić information content (AvgIpc) is 3.52. The number of likely N-dealkylation sites (tertiary alicyclic amines) is 1. The van der Waals surface area contributed by atoms with Crippen LogP contribution in [-0.2, 0) is 14.3 Å². The van der Waals surface area contributed by atoms with Crippen molar-refractivity contribution in [2.45, 2.75) is 70.9 Å². The lowest BCUT2D eigenvalue weighted by Gasteiger charge is -2.34. The predicted octanol–water partition coefficient (Wildman–Crippen LogP) is 5.60. The average molecular weight is 597 g/mol. The molecule has 1 saturated heterocycles. The predicted molar refractivity (Wildman–Crippen MR) is 156 cm³/mol. The number of halogens is 1. The molecule has 1 aliphatic heterocycles. The van der Waals surface area contributed by atoms with Crippen LogP contribution in [0.5, 0.6) is 0 Å². The van der Waals surface area contributed by atoms with E-state index in [-0.39, 0.29) is 58.0 Å². The van der Waals surface area contributed by atoms with Crippen LogP contribution in [0.4, 0.5) is 22.1 Å². The van der Waals surface area contributed by atoms with Crippen molar-refractivity contribution in [1.29, 1.82) is 0 Å². The van der Waals surface area contributed by atoms with Crippen LogP contribution in [0.1, 0.15) is 69.9 Å². The van der Waals surface area contributed by atoms with Gasteiger partial charge in [0.25, 0.3) is 5.91 Å². The standard InChI is InChI=1S/C29H33ClN6O6/c1-29(2,3)42-28(40)34-21-13-11-19-23(32-21)24(25(41-19)27(39)33-20-12-8-17(30)15-31-20)35-26(38)16-6-9-18(10-7-16)36-14-4-5-22(36)37/h8,11-13,15-16,18H,4-7,9-10,14H2,1-3H3,(H,35,38)(H,31,33,39)(H,32,34,40)/t16-,18-. The number of aromatic nitrogens is 2. The van der Waals surface area contributed by atoms with Crippen LogP contribution in [0.15, 0.2) is 34.9 Å². The first-order valence-electron chi connectivity index (χ1n) is 13.9. The lowest BCUT2D eigenvalue weighted by molar-refractivity contribution is -0.130. The van der Waals surface area contributed by atoms with Gasteiger partial charge in [0.1, 0.15) is 28.4 Å². The fourth-order valence-corrected chi connectivity index (χ4v) is 5.39. The molecule has 4 amide bonds. The van der Waals surface area contributed by atoms with Gasteiger partial charge in [-0.1, -0.05) is 11.6 Å². The Hall–Kier alpha value is -4.19. The van der Waals surface area contributed by atoms with Crippen LogP contribution in [0.2, 0.25) is 5.02 Å². The molecule has 0 spiro atoms. The van der Waals surface area contributed by atoms with Gasteiger partial charge in [0.2, 0.25) is 17.6 Å². The summed E-state index contributed by atoms with van der Waals surface area (Å²) in [5.74, 6) is -0.868. The molecule has 0 bridgehead atoms. The minimum atomic E-state index is -0.717. The summed E-state index contributed by atoms with van der Waals surface area (Å²) >= 11 is 5.91. The Morgan fingerprint density at radius 2 is 1.76 bits per heavy atom. The van der Waals surface area contributed by atoms with Gasteiger partial charge in [-0.05, 0) is 77.1 Å². The van der Waals surface area contributed by atoms with Crippen molar-refractivity contribution < 1.29 is 28.3 Å². The molecule has 3 aromatic rings. The van der Waals surface area contributed by atoms with E-state index in [1.54, 1.807) is 32.9 Å². The van der Waals surface area contributed by atoms with Crippen molar-refractivity contribution in [1.82, 2.24) is 14.9 Å². The van der Waals surface area contributed by atoms with Crippen LogP contribution < -0.4 is 16.0 Å². The monoisotopic (exact) mass is 596 g/mol. The summed E-state index contributed by atoms with van der Waals surface area (Å²) in [4.78, 5) is 61.8. The van der Waals surface area contributed by atoms with Gasteiger partial charge in [-0.25, -0.2) is 14.8 Å². The molecule has 222 valence electrons. The van der Waals surface area contributed by atoms with E-state index in [9.17, 15) is 19.2 Å². The Labute approximate surface area is 247 Å². The number of carbonyl (C=O) groups is 4. The smallest absolute Gasteiger partial charge is 0.413 e. The van der Waals surface area contributed by atoms with Gasteiger partial charge in [-0.15, -0.1) is 0 Å². The third-order valence-electron chi connectivity index (χ3n) is 7.20. The number of hydrogen-bond acceptors (Lipinski definition) is 8. The summed E-state index contributed by atoms with van der Waals surface area (Å²) in [5.41, 5.74) is -0.232. The van der Waals surface area contributed by atoms with Crippen molar-refractivity contribution in [2.24, 2.45) is 5.92 Å². The Balaban J connectivity index is 1.39. The van der Waals surface area contributed by atoms with Gasteiger partial charge in [-0.3, -0.25) is 19.7 Å². The summed E-state index contributed by atoms with van der Waals surface area (Å²) in [7, 11) is 0. The Bertz CT molecular complexity index is 1510. The molecule has 1 saturated carbocycles. The number of carbonyl (C=O) groups excluding carboxylic acids is 4. The first kappa shape index (κ1) is 29.3. The zero-order chi connectivity index (χ0) is 30.0. The number of ether oxygens (including phenoxy) is 1. The second-order valence-corrected chi connectivity index (χ2v) is 11.9. The van der Waals surface area contributed by atoms with E-state index in [4.69, 9.17) is 20.8 Å². The molecule has 0 atom stereocenters. The summed E-state index contributed by atoms with van der Waals surface area (Å²) < 4.78 is 11.2. The van der Waals surface area contributed by atoms with E-state index in [0.717, 1.165) is 25.8 Å². The lowest BCUT2D eigenvalue weighted by Crippen LogP contribution is -2.40. The number of hydrogen-bond donors (Lipinski definition) is 3. The van der Waals surface area contributed by atoms with E-state index in [2.05, 4.69) is 25.9 Å². The molecule has 3 aromatic heterocycles. The zero-order valence-corrected chi connectivity index (χ0v) is 24.4. The fraction of sp³-hybridized carbons (Fsp3) is 0.448. The SMILES string of the molecule is CC(C)(C)OC(=O)Nc1ccc2oc(C(=O)Nc3ccc(Cl)cn3)c(NC(=O)[C@H]3CC[C@H](N4CCCC4=O)CC3)c2n1. The molecular weight excluding hydrogens is 564 g/mol. The van der Waals surface area contributed by atoms with E-state index < -0.39 is 17.6 Å². The van der Waals surface area contributed by atoms with Gasteiger partial charge < -0.3 is 24.7 Å². The minimum Gasteiger partial charge on any atom is -0.447 e. The zero-order valence-electron chi connectivity index (χ0n) is 23.7. The van der Waals surface area contributed by atoms with Gasteiger partial charge in [0, 0.05) is 31.1 Å². The molecule has 3 N–H and O–H groups in total. The van der Waals surface area contributed by atoms with Gasteiger partial charge >= 0.3 is 6.09 Å².